The van der Waals surface area contributed by atoms with E-state index in [1.54, 1.807) is 0 Å². The minimum atomic E-state index is 0.149. The maximum Gasteiger partial charge on any atom is 0.0717 e. The fraction of sp³-hybridized carbons (Fsp3) is 0.571. The summed E-state index contributed by atoms with van der Waals surface area (Å²) in [5.74, 6) is 0.526. The molecular weight excluding hydrogens is 198 g/mol. The van der Waals surface area contributed by atoms with Crippen LogP contribution in [0.2, 0.25) is 0 Å². The van der Waals surface area contributed by atoms with E-state index in [1.165, 1.54) is 11.1 Å². The van der Waals surface area contributed by atoms with Crippen molar-refractivity contribution in [2.45, 2.75) is 39.8 Å². The fourth-order valence-electron chi connectivity index (χ4n) is 1.46. The van der Waals surface area contributed by atoms with Crippen LogP contribution in [0, 0.1) is 12.8 Å². The number of aryl methyl sites for hydroxylation is 1. The highest BCUT2D eigenvalue weighted by Gasteiger charge is 2.10. The van der Waals surface area contributed by atoms with Gasteiger partial charge in [-0.25, -0.2) is 0 Å². The van der Waals surface area contributed by atoms with Crippen molar-refractivity contribution in [2.75, 3.05) is 6.61 Å². The minimum Gasteiger partial charge on any atom is -0.375 e. The lowest BCUT2D eigenvalue weighted by atomic mass is 10.0. The molecule has 0 fully saturated rings. The summed E-state index contributed by atoms with van der Waals surface area (Å²) in [6.07, 6.45) is 1.11. The summed E-state index contributed by atoms with van der Waals surface area (Å²) in [4.78, 5) is 0. The molecule has 0 saturated carbocycles. The van der Waals surface area contributed by atoms with Crippen LogP contribution in [0.3, 0.4) is 0 Å². The van der Waals surface area contributed by atoms with Crippen molar-refractivity contribution in [3.63, 3.8) is 0 Å². The highest BCUT2D eigenvalue weighted by Crippen LogP contribution is 2.08. The molecular formula is C14H23NO. The molecule has 0 aliphatic rings. The van der Waals surface area contributed by atoms with Gasteiger partial charge in [0, 0.05) is 6.04 Å². The molecule has 2 N–H and O–H groups in total. The van der Waals surface area contributed by atoms with Crippen LogP contribution in [0.4, 0.5) is 0 Å². The number of nitrogens with two attached hydrogens (primary N) is 1. The molecule has 0 bridgehead atoms. The third-order valence-electron chi connectivity index (χ3n) is 3.07. The molecule has 0 spiro atoms. The lowest BCUT2D eigenvalue weighted by Crippen LogP contribution is -2.32. The molecule has 2 nitrogen and oxygen atoms in total. The van der Waals surface area contributed by atoms with E-state index in [9.17, 15) is 0 Å². The van der Waals surface area contributed by atoms with E-state index < -0.39 is 0 Å². The van der Waals surface area contributed by atoms with Crippen LogP contribution in [0.1, 0.15) is 31.4 Å². The largest absolute Gasteiger partial charge is 0.375 e. The summed E-state index contributed by atoms with van der Waals surface area (Å²) in [5, 5.41) is 0. The summed E-state index contributed by atoms with van der Waals surface area (Å²) in [6.45, 7) is 7.71. The van der Waals surface area contributed by atoms with Gasteiger partial charge in [0.1, 0.15) is 0 Å². The van der Waals surface area contributed by atoms with E-state index in [4.69, 9.17) is 10.5 Å². The Kier molecular flexibility index (Phi) is 5.50. The van der Waals surface area contributed by atoms with Crippen LogP contribution < -0.4 is 5.73 Å². The molecule has 90 valence electrons. The highest BCUT2D eigenvalue weighted by molar-refractivity contribution is 5.20. The summed E-state index contributed by atoms with van der Waals surface area (Å²) in [7, 11) is 0. The van der Waals surface area contributed by atoms with Crippen LogP contribution in [0.15, 0.2) is 24.3 Å². The quantitative estimate of drug-likeness (QED) is 0.801. The Bertz CT molecular complexity index is 294. The third kappa shape index (κ3) is 4.33. The molecule has 0 amide bonds. The van der Waals surface area contributed by atoms with Crippen molar-refractivity contribution in [2.24, 2.45) is 11.7 Å². The SMILES string of the molecule is CCC(C)[C@H](N)COCc1ccc(C)cc1. The molecule has 0 heterocycles. The lowest BCUT2D eigenvalue weighted by molar-refractivity contribution is 0.0947. The molecule has 16 heavy (non-hydrogen) atoms. The minimum absolute atomic E-state index is 0.149. The number of hydrogen-bond donors (Lipinski definition) is 1. The Morgan fingerprint density at radius 2 is 1.88 bits per heavy atom. The van der Waals surface area contributed by atoms with E-state index in [2.05, 4.69) is 45.0 Å². The van der Waals surface area contributed by atoms with Gasteiger partial charge in [0.25, 0.3) is 0 Å². The van der Waals surface area contributed by atoms with Crippen molar-refractivity contribution in [3.05, 3.63) is 35.4 Å². The van der Waals surface area contributed by atoms with Crippen molar-refractivity contribution in [1.82, 2.24) is 0 Å². The van der Waals surface area contributed by atoms with E-state index in [-0.39, 0.29) is 6.04 Å². The third-order valence-corrected chi connectivity index (χ3v) is 3.07. The van der Waals surface area contributed by atoms with Crippen LogP contribution in [-0.2, 0) is 11.3 Å². The topological polar surface area (TPSA) is 35.2 Å². The predicted octanol–water partition coefficient (Wildman–Crippen LogP) is 2.89. The second-order valence-corrected chi connectivity index (χ2v) is 4.55. The first-order chi connectivity index (χ1) is 7.63. The van der Waals surface area contributed by atoms with Crippen molar-refractivity contribution in [3.8, 4) is 0 Å². The van der Waals surface area contributed by atoms with E-state index >= 15 is 0 Å². The van der Waals surface area contributed by atoms with Gasteiger partial charge in [-0.1, -0.05) is 50.1 Å². The molecule has 1 aromatic rings. The van der Waals surface area contributed by atoms with Gasteiger partial charge in [0.15, 0.2) is 0 Å². The van der Waals surface area contributed by atoms with Gasteiger partial charge in [-0.15, -0.1) is 0 Å². The average Bonchev–Trinajstić information content (AvgIpc) is 2.30. The molecule has 1 unspecified atom stereocenters. The zero-order chi connectivity index (χ0) is 12.0. The zero-order valence-electron chi connectivity index (χ0n) is 10.6. The average molecular weight is 221 g/mol. The Morgan fingerprint density at radius 1 is 1.25 bits per heavy atom. The first kappa shape index (κ1) is 13.2. The van der Waals surface area contributed by atoms with E-state index in [1.807, 2.05) is 0 Å². The first-order valence-electron chi connectivity index (χ1n) is 6.02. The monoisotopic (exact) mass is 221 g/mol. The number of hydrogen-bond acceptors (Lipinski definition) is 2. The fourth-order valence-corrected chi connectivity index (χ4v) is 1.46. The lowest BCUT2D eigenvalue weighted by Gasteiger charge is -2.18. The molecule has 0 aliphatic heterocycles. The predicted molar refractivity (Wildman–Crippen MR) is 68.3 cm³/mol. The maximum absolute atomic E-state index is 5.99. The van der Waals surface area contributed by atoms with E-state index in [0.29, 0.717) is 19.1 Å². The number of rotatable bonds is 6. The summed E-state index contributed by atoms with van der Waals surface area (Å²) < 4.78 is 5.62. The van der Waals surface area contributed by atoms with Crippen molar-refractivity contribution >= 4 is 0 Å². The second-order valence-electron chi connectivity index (χ2n) is 4.55. The van der Waals surface area contributed by atoms with Gasteiger partial charge in [0.2, 0.25) is 0 Å². The molecule has 1 aromatic carbocycles. The molecule has 1 rings (SSSR count). The van der Waals surface area contributed by atoms with Gasteiger partial charge in [-0.05, 0) is 18.4 Å². The standard InChI is InChI=1S/C14H23NO/c1-4-12(3)14(15)10-16-9-13-7-5-11(2)6-8-13/h5-8,12,14H,4,9-10,15H2,1-3H3/t12?,14-/m1/s1. The number of benzene rings is 1. The Hall–Kier alpha value is -0.860. The summed E-state index contributed by atoms with van der Waals surface area (Å²) in [6, 6.07) is 8.56. The van der Waals surface area contributed by atoms with Crippen LogP contribution in [-0.4, -0.2) is 12.6 Å². The molecule has 0 aromatic heterocycles. The molecule has 0 radical (unpaired) electrons. The second kappa shape index (κ2) is 6.66. The Morgan fingerprint density at radius 3 is 2.44 bits per heavy atom. The molecule has 2 heteroatoms. The van der Waals surface area contributed by atoms with Crippen LogP contribution in [0.25, 0.3) is 0 Å². The smallest absolute Gasteiger partial charge is 0.0717 e. The Labute approximate surface area is 98.8 Å². The first-order valence-corrected chi connectivity index (χ1v) is 6.02. The van der Waals surface area contributed by atoms with E-state index in [0.717, 1.165) is 6.42 Å². The van der Waals surface area contributed by atoms with Crippen LogP contribution >= 0.6 is 0 Å². The molecule has 0 aliphatic carbocycles. The molecule has 0 saturated heterocycles. The van der Waals surface area contributed by atoms with Gasteiger partial charge in [-0.3, -0.25) is 0 Å². The van der Waals surface area contributed by atoms with Gasteiger partial charge < -0.3 is 10.5 Å². The number of ether oxygens (including phenoxy) is 1. The molecule has 2 atom stereocenters. The maximum atomic E-state index is 5.99. The van der Waals surface area contributed by atoms with Gasteiger partial charge >= 0.3 is 0 Å². The van der Waals surface area contributed by atoms with Crippen molar-refractivity contribution in [1.29, 1.82) is 0 Å². The van der Waals surface area contributed by atoms with Crippen molar-refractivity contribution < 1.29 is 4.74 Å². The van der Waals surface area contributed by atoms with Crippen LogP contribution in [0.5, 0.6) is 0 Å². The van der Waals surface area contributed by atoms with Gasteiger partial charge in [0.05, 0.1) is 13.2 Å². The van der Waals surface area contributed by atoms with Gasteiger partial charge in [-0.2, -0.15) is 0 Å². The zero-order valence-corrected chi connectivity index (χ0v) is 10.6. The summed E-state index contributed by atoms with van der Waals surface area (Å²) >= 11 is 0. The Balaban J connectivity index is 2.27. The summed E-state index contributed by atoms with van der Waals surface area (Å²) in [5.41, 5.74) is 8.48. The highest BCUT2D eigenvalue weighted by atomic mass is 16.5. The normalized spacial score (nSPS) is 14.8.